The summed E-state index contributed by atoms with van der Waals surface area (Å²) in [6.07, 6.45) is 5.10. The van der Waals surface area contributed by atoms with Crippen LogP contribution >= 0.6 is 0 Å². The van der Waals surface area contributed by atoms with Crippen LogP contribution in [0.25, 0.3) is 11.8 Å². The van der Waals surface area contributed by atoms with Crippen molar-refractivity contribution in [3.63, 3.8) is 0 Å². The predicted octanol–water partition coefficient (Wildman–Crippen LogP) is 2.30. The van der Waals surface area contributed by atoms with E-state index in [2.05, 4.69) is 10.1 Å². The summed E-state index contributed by atoms with van der Waals surface area (Å²) in [5, 5.41) is 4.02. The zero-order chi connectivity index (χ0) is 11.4. The molecule has 4 nitrogen and oxygen atoms in total. The van der Waals surface area contributed by atoms with Gasteiger partial charge in [-0.15, -0.1) is 0 Å². The minimum Gasteiger partial charge on any atom is -0.497 e. The molecule has 2 rings (SSSR count). The minimum absolute atomic E-state index is 0.859. The fourth-order valence-corrected chi connectivity index (χ4v) is 1.41. The Hall–Kier alpha value is -2.10. The molecule has 1 aromatic carbocycles. The molecule has 0 fully saturated rings. The summed E-state index contributed by atoms with van der Waals surface area (Å²) in [7, 11) is 1.66. The summed E-state index contributed by atoms with van der Waals surface area (Å²) in [5.41, 5.74) is 2.25. The molecule has 82 valence electrons. The zero-order valence-electron chi connectivity index (χ0n) is 9.29. The summed E-state index contributed by atoms with van der Waals surface area (Å²) in [6, 6.07) is 7.91. The van der Waals surface area contributed by atoms with Crippen LogP contribution in [-0.4, -0.2) is 21.9 Å². The van der Waals surface area contributed by atoms with E-state index in [4.69, 9.17) is 4.74 Å². The highest BCUT2D eigenvalue weighted by molar-refractivity contribution is 5.73. The maximum absolute atomic E-state index is 5.11. The van der Waals surface area contributed by atoms with Gasteiger partial charge in [-0.2, -0.15) is 5.10 Å². The van der Waals surface area contributed by atoms with Gasteiger partial charge in [0.05, 0.1) is 7.11 Å². The lowest BCUT2D eigenvalue weighted by molar-refractivity contribution is 0.415. The SMILES string of the molecule is COc1ccc(/C(C)=C\n2cncn2)cc1. The number of ether oxygens (including phenoxy) is 1. The summed E-state index contributed by atoms with van der Waals surface area (Å²) in [6.45, 7) is 2.03. The van der Waals surface area contributed by atoms with Crippen molar-refractivity contribution < 1.29 is 4.74 Å². The Bertz CT molecular complexity index is 471. The number of allylic oxidation sites excluding steroid dienone is 1. The first-order valence-corrected chi connectivity index (χ1v) is 4.96. The van der Waals surface area contributed by atoms with E-state index >= 15 is 0 Å². The van der Waals surface area contributed by atoms with Gasteiger partial charge in [0.25, 0.3) is 0 Å². The van der Waals surface area contributed by atoms with Crippen LogP contribution in [-0.2, 0) is 0 Å². The Morgan fingerprint density at radius 1 is 1.31 bits per heavy atom. The number of aromatic nitrogens is 3. The monoisotopic (exact) mass is 215 g/mol. The first-order valence-electron chi connectivity index (χ1n) is 4.96. The number of benzene rings is 1. The molecule has 0 amide bonds. The quantitative estimate of drug-likeness (QED) is 0.788. The van der Waals surface area contributed by atoms with Crippen LogP contribution in [0.5, 0.6) is 5.75 Å². The van der Waals surface area contributed by atoms with Crippen molar-refractivity contribution in [3.05, 3.63) is 42.5 Å². The van der Waals surface area contributed by atoms with Crippen molar-refractivity contribution in [1.82, 2.24) is 14.8 Å². The Morgan fingerprint density at radius 3 is 2.62 bits per heavy atom. The topological polar surface area (TPSA) is 39.9 Å². The molecular weight excluding hydrogens is 202 g/mol. The van der Waals surface area contributed by atoms with Crippen molar-refractivity contribution in [2.75, 3.05) is 7.11 Å². The van der Waals surface area contributed by atoms with Crippen LogP contribution in [0.15, 0.2) is 36.9 Å². The molecule has 0 radical (unpaired) electrons. The lowest BCUT2D eigenvalue weighted by Gasteiger charge is -2.03. The molecule has 1 aromatic heterocycles. The summed E-state index contributed by atoms with van der Waals surface area (Å²) >= 11 is 0. The largest absolute Gasteiger partial charge is 0.497 e. The molecule has 0 N–H and O–H groups in total. The first-order chi connectivity index (χ1) is 7.79. The van der Waals surface area contributed by atoms with Crippen LogP contribution < -0.4 is 4.74 Å². The third-order valence-corrected chi connectivity index (χ3v) is 2.31. The van der Waals surface area contributed by atoms with Crippen molar-refractivity contribution in [3.8, 4) is 5.75 Å². The highest BCUT2D eigenvalue weighted by atomic mass is 16.5. The molecular formula is C12H13N3O. The Kier molecular flexibility index (Phi) is 3.00. The third-order valence-electron chi connectivity index (χ3n) is 2.31. The van der Waals surface area contributed by atoms with Gasteiger partial charge in [0.1, 0.15) is 18.4 Å². The van der Waals surface area contributed by atoms with Crippen molar-refractivity contribution in [1.29, 1.82) is 0 Å². The molecule has 0 spiro atoms. The first kappa shape index (κ1) is 10.4. The highest BCUT2D eigenvalue weighted by Crippen LogP contribution is 2.18. The molecule has 0 aliphatic carbocycles. The van der Waals surface area contributed by atoms with Gasteiger partial charge >= 0.3 is 0 Å². The average Bonchev–Trinajstić information content (AvgIpc) is 2.82. The number of nitrogens with zero attached hydrogens (tertiary/aromatic N) is 3. The van der Waals surface area contributed by atoms with Gasteiger partial charge in [-0.3, -0.25) is 0 Å². The van der Waals surface area contributed by atoms with Gasteiger partial charge in [-0.25, -0.2) is 9.67 Å². The summed E-state index contributed by atoms with van der Waals surface area (Å²) in [5.74, 6) is 0.859. The van der Waals surface area contributed by atoms with Crippen LogP contribution in [0.2, 0.25) is 0 Å². The van der Waals surface area contributed by atoms with E-state index in [9.17, 15) is 0 Å². The van der Waals surface area contributed by atoms with E-state index in [1.165, 1.54) is 6.33 Å². The van der Waals surface area contributed by atoms with Crippen LogP contribution in [0.1, 0.15) is 12.5 Å². The lowest BCUT2D eigenvalue weighted by atomic mass is 10.1. The molecule has 0 saturated heterocycles. The number of hydrogen-bond acceptors (Lipinski definition) is 3. The van der Waals surface area contributed by atoms with E-state index in [1.807, 2.05) is 37.4 Å². The van der Waals surface area contributed by atoms with Gasteiger partial charge in [0.15, 0.2) is 0 Å². The summed E-state index contributed by atoms with van der Waals surface area (Å²) < 4.78 is 6.79. The van der Waals surface area contributed by atoms with Gasteiger partial charge in [0, 0.05) is 6.20 Å². The normalized spacial score (nSPS) is 11.5. The van der Waals surface area contributed by atoms with E-state index in [0.29, 0.717) is 0 Å². The van der Waals surface area contributed by atoms with Crippen LogP contribution in [0, 0.1) is 0 Å². The summed E-state index contributed by atoms with van der Waals surface area (Å²) in [4.78, 5) is 3.88. The number of rotatable bonds is 3. The molecule has 0 atom stereocenters. The number of methoxy groups -OCH3 is 1. The molecule has 0 aliphatic rings. The van der Waals surface area contributed by atoms with Crippen molar-refractivity contribution in [2.45, 2.75) is 6.92 Å². The lowest BCUT2D eigenvalue weighted by Crippen LogP contribution is -1.89. The molecule has 0 saturated carbocycles. The third kappa shape index (κ3) is 2.28. The Morgan fingerprint density at radius 2 is 2.06 bits per heavy atom. The van der Waals surface area contributed by atoms with E-state index in [-0.39, 0.29) is 0 Å². The maximum Gasteiger partial charge on any atom is 0.138 e. The second-order valence-electron chi connectivity index (χ2n) is 3.42. The Balaban J connectivity index is 2.23. The van der Waals surface area contributed by atoms with Crippen LogP contribution in [0.4, 0.5) is 0 Å². The smallest absolute Gasteiger partial charge is 0.138 e. The van der Waals surface area contributed by atoms with Crippen molar-refractivity contribution in [2.24, 2.45) is 0 Å². The molecule has 16 heavy (non-hydrogen) atoms. The van der Waals surface area contributed by atoms with Crippen molar-refractivity contribution >= 4 is 11.8 Å². The molecule has 2 aromatic rings. The van der Waals surface area contributed by atoms with Gasteiger partial charge < -0.3 is 4.74 Å². The number of hydrogen-bond donors (Lipinski definition) is 0. The second kappa shape index (κ2) is 4.61. The molecule has 0 aliphatic heterocycles. The maximum atomic E-state index is 5.11. The Labute approximate surface area is 94.2 Å². The average molecular weight is 215 g/mol. The van der Waals surface area contributed by atoms with Gasteiger partial charge in [-0.1, -0.05) is 12.1 Å². The zero-order valence-corrected chi connectivity index (χ0v) is 9.29. The highest BCUT2D eigenvalue weighted by Gasteiger charge is 1.97. The second-order valence-corrected chi connectivity index (χ2v) is 3.42. The van der Waals surface area contributed by atoms with Crippen LogP contribution in [0.3, 0.4) is 0 Å². The molecule has 4 heteroatoms. The van der Waals surface area contributed by atoms with Gasteiger partial charge in [0.2, 0.25) is 0 Å². The molecule has 0 bridgehead atoms. The fraction of sp³-hybridized carbons (Fsp3) is 0.167. The standard InChI is InChI=1S/C12H13N3O/c1-10(7-15-9-13-8-14-15)11-3-5-12(16-2)6-4-11/h3-9H,1-2H3/b10-7-. The minimum atomic E-state index is 0.859. The van der Waals surface area contributed by atoms with E-state index < -0.39 is 0 Å². The molecule has 0 unspecified atom stereocenters. The fourth-order valence-electron chi connectivity index (χ4n) is 1.41. The van der Waals surface area contributed by atoms with E-state index in [1.54, 1.807) is 18.1 Å². The van der Waals surface area contributed by atoms with E-state index in [0.717, 1.165) is 16.9 Å². The predicted molar refractivity (Wildman–Crippen MR) is 62.9 cm³/mol. The molecule has 1 heterocycles. The van der Waals surface area contributed by atoms with Gasteiger partial charge in [-0.05, 0) is 30.2 Å².